The summed E-state index contributed by atoms with van der Waals surface area (Å²) in [5.74, 6) is 2.96. The zero-order valence-electron chi connectivity index (χ0n) is 27.8. The Morgan fingerprint density at radius 3 is 1.83 bits per heavy atom. The van der Waals surface area contributed by atoms with Crippen molar-refractivity contribution in [1.29, 1.82) is 0 Å². The molecule has 252 valence electrons. The van der Waals surface area contributed by atoms with E-state index in [1.165, 1.54) is 98.7 Å². The molecule has 1 aliphatic carbocycles. The Bertz CT molecular complexity index is 1430. The minimum absolute atomic E-state index is 0.0789. The lowest BCUT2D eigenvalue weighted by Gasteiger charge is -2.31. The molecule has 6 nitrogen and oxygen atoms in total. The lowest BCUT2D eigenvalue weighted by molar-refractivity contribution is 0.183. The molecule has 0 saturated carbocycles. The van der Waals surface area contributed by atoms with Crippen molar-refractivity contribution in [1.82, 2.24) is 9.80 Å². The molecule has 2 fully saturated rings. The van der Waals surface area contributed by atoms with Crippen LogP contribution < -0.4 is 14.2 Å². The molecule has 3 aromatic carbocycles. The number of hydrogen-bond acceptors (Lipinski definition) is 6. The largest absolute Gasteiger partial charge is 0.508 e. The van der Waals surface area contributed by atoms with Crippen LogP contribution in [0.5, 0.6) is 23.0 Å². The summed E-state index contributed by atoms with van der Waals surface area (Å²) in [5.41, 5.74) is 5.15. The van der Waals surface area contributed by atoms with Gasteiger partial charge in [0.25, 0.3) is 0 Å². The highest BCUT2D eigenvalue weighted by atomic mass is 127. The predicted octanol–water partition coefficient (Wildman–Crippen LogP) is 9.26. The van der Waals surface area contributed by atoms with E-state index in [9.17, 15) is 5.11 Å². The standard InChI is InChI=1S/C27H33NO3.C13H18INO/c29-21-11-14-24-23-7-3-1-4-8-25(23)27(31-26(24)19-21)20-9-12-22(13-10-20)30-18-17-28-15-5-2-6-16-28;14-12-4-6-13(7-5-12)16-11-10-15-8-2-1-3-9-15/h9-14,19,27,29H,1-8,15-18H2;4-7H,1-3,8-11H2. The summed E-state index contributed by atoms with van der Waals surface area (Å²) >= 11 is 2.31. The summed E-state index contributed by atoms with van der Waals surface area (Å²) in [6.45, 7) is 8.51. The van der Waals surface area contributed by atoms with Crippen molar-refractivity contribution < 1.29 is 19.3 Å². The van der Waals surface area contributed by atoms with Gasteiger partial charge in [-0.25, -0.2) is 0 Å². The van der Waals surface area contributed by atoms with Crippen LogP contribution in [0.1, 0.15) is 87.9 Å². The van der Waals surface area contributed by atoms with Gasteiger partial charge in [-0.1, -0.05) is 31.4 Å². The number of phenols is 1. The zero-order chi connectivity index (χ0) is 32.3. The number of nitrogens with zero attached hydrogens (tertiary/aromatic N) is 2. The number of aromatic hydroxyl groups is 1. The molecule has 2 saturated heterocycles. The monoisotopic (exact) mass is 750 g/mol. The molecule has 47 heavy (non-hydrogen) atoms. The van der Waals surface area contributed by atoms with Crippen LogP contribution in [0.4, 0.5) is 0 Å². The molecule has 1 atom stereocenters. The Morgan fingerprint density at radius 1 is 0.660 bits per heavy atom. The molecular formula is C40H51IN2O4. The molecule has 0 amide bonds. The van der Waals surface area contributed by atoms with Crippen LogP contribution in [0.3, 0.4) is 0 Å². The van der Waals surface area contributed by atoms with Gasteiger partial charge in [0.15, 0.2) is 0 Å². The van der Waals surface area contributed by atoms with Gasteiger partial charge in [-0.3, -0.25) is 9.80 Å². The van der Waals surface area contributed by atoms with Gasteiger partial charge in [0.1, 0.15) is 42.3 Å². The van der Waals surface area contributed by atoms with Crippen LogP contribution >= 0.6 is 22.6 Å². The average molecular weight is 751 g/mol. The predicted molar refractivity (Wildman–Crippen MR) is 199 cm³/mol. The van der Waals surface area contributed by atoms with Crippen LogP contribution in [0, 0.1) is 3.57 Å². The molecule has 3 aromatic rings. The lowest BCUT2D eigenvalue weighted by atomic mass is 9.87. The van der Waals surface area contributed by atoms with E-state index < -0.39 is 0 Å². The second-order valence-electron chi connectivity index (χ2n) is 13.3. The first-order valence-electron chi connectivity index (χ1n) is 17.9. The van der Waals surface area contributed by atoms with Gasteiger partial charge in [-0.2, -0.15) is 0 Å². The highest BCUT2D eigenvalue weighted by Crippen LogP contribution is 2.48. The first kappa shape index (κ1) is 34.1. The van der Waals surface area contributed by atoms with Crippen LogP contribution in [0.15, 0.2) is 72.3 Å². The van der Waals surface area contributed by atoms with Gasteiger partial charge in [0, 0.05) is 28.3 Å². The van der Waals surface area contributed by atoms with Gasteiger partial charge in [0.05, 0.1) is 0 Å². The number of fused-ring (bicyclic) bond motifs is 2. The fraction of sp³-hybridized carbons (Fsp3) is 0.500. The van der Waals surface area contributed by atoms with E-state index in [0.29, 0.717) is 0 Å². The molecule has 7 heteroatoms. The second kappa shape index (κ2) is 17.6. The number of ether oxygens (including phenoxy) is 3. The topological polar surface area (TPSA) is 54.4 Å². The Morgan fingerprint density at radius 2 is 1.21 bits per heavy atom. The molecule has 7 rings (SSSR count). The van der Waals surface area contributed by atoms with E-state index in [4.69, 9.17) is 14.2 Å². The SMILES string of the molecule is Ic1ccc(OCCN2CCCCC2)cc1.Oc1ccc2c(c1)OC(c1ccc(OCCN3CCCCC3)cc1)C1=C2CCCCC1. The number of halogens is 1. The summed E-state index contributed by atoms with van der Waals surface area (Å²) in [5, 5.41) is 9.99. The molecule has 0 spiro atoms. The summed E-state index contributed by atoms with van der Waals surface area (Å²) in [4.78, 5) is 5.00. The summed E-state index contributed by atoms with van der Waals surface area (Å²) in [7, 11) is 0. The number of hydrogen-bond donors (Lipinski definition) is 1. The van der Waals surface area contributed by atoms with Crippen molar-refractivity contribution in [2.24, 2.45) is 0 Å². The maximum atomic E-state index is 9.99. The smallest absolute Gasteiger partial charge is 0.145 e. The Hall–Kier alpha value is -2.75. The Balaban J connectivity index is 0.000000203. The molecule has 0 bridgehead atoms. The van der Waals surface area contributed by atoms with E-state index in [0.717, 1.165) is 67.5 Å². The molecule has 0 radical (unpaired) electrons. The van der Waals surface area contributed by atoms with Gasteiger partial charge >= 0.3 is 0 Å². The van der Waals surface area contributed by atoms with Crippen molar-refractivity contribution >= 4 is 28.2 Å². The Kier molecular flexibility index (Phi) is 12.8. The van der Waals surface area contributed by atoms with Crippen molar-refractivity contribution in [3.63, 3.8) is 0 Å². The summed E-state index contributed by atoms with van der Waals surface area (Å²) in [6, 6.07) is 22.2. The van der Waals surface area contributed by atoms with Crippen molar-refractivity contribution in [2.45, 2.75) is 76.7 Å². The first-order valence-corrected chi connectivity index (χ1v) is 19.0. The third-order valence-corrected chi connectivity index (χ3v) is 10.6. The van der Waals surface area contributed by atoms with E-state index in [-0.39, 0.29) is 11.9 Å². The third kappa shape index (κ3) is 9.89. The summed E-state index contributed by atoms with van der Waals surface area (Å²) < 4.78 is 19.5. The van der Waals surface area contributed by atoms with Crippen LogP contribution in [-0.2, 0) is 0 Å². The fourth-order valence-corrected chi connectivity index (χ4v) is 7.61. The second-order valence-corrected chi connectivity index (χ2v) is 14.5. The highest BCUT2D eigenvalue weighted by molar-refractivity contribution is 14.1. The maximum Gasteiger partial charge on any atom is 0.145 e. The minimum atomic E-state index is -0.0789. The number of likely N-dealkylation sites (tertiary alicyclic amines) is 2. The average Bonchev–Trinajstić information content (AvgIpc) is 3.37. The number of rotatable bonds is 9. The number of phenolic OH excluding ortho intramolecular Hbond substituents is 1. The van der Waals surface area contributed by atoms with E-state index in [1.54, 1.807) is 12.1 Å². The molecule has 3 aliphatic heterocycles. The third-order valence-electron chi connectivity index (χ3n) is 9.86. The quantitative estimate of drug-likeness (QED) is 0.220. The summed E-state index contributed by atoms with van der Waals surface area (Å²) in [6.07, 6.45) is 13.9. The van der Waals surface area contributed by atoms with Crippen LogP contribution in [-0.4, -0.2) is 67.4 Å². The Labute approximate surface area is 295 Å². The van der Waals surface area contributed by atoms with Gasteiger partial charge in [-0.05, 0) is 165 Å². The van der Waals surface area contributed by atoms with Crippen molar-refractivity contribution in [2.75, 3.05) is 52.5 Å². The van der Waals surface area contributed by atoms with Crippen LogP contribution in [0.2, 0.25) is 0 Å². The number of piperidine rings is 2. The number of benzene rings is 3. The molecule has 1 unspecified atom stereocenters. The lowest BCUT2D eigenvalue weighted by Crippen LogP contribution is -2.33. The minimum Gasteiger partial charge on any atom is -0.508 e. The molecular weight excluding hydrogens is 699 g/mol. The van der Waals surface area contributed by atoms with E-state index >= 15 is 0 Å². The first-order chi connectivity index (χ1) is 23.1. The van der Waals surface area contributed by atoms with Crippen LogP contribution in [0.25, 0.3) is 5.57 Å². The molecule has 1 N–H and O–H groups in total. The molecule has 4 aliphatic rings. The van der Waals surface area contributed by atoms with Crippen molar-refractivity contribution in [3.8, 4) is 23.0 Å². The van der Waals surface area contributed by atoms with Gasteiger partial charge < -0.3 is 19.3 Å². The fourth-order valence-electron chi connectivity index (χ4n) is 7.25. The highest BCUT2D eigenvalue weighted by Gasteiger charge is 2.30. The van der Waals surface area contributed by atoms with Gasteiger partial charge in [0.2, 0.25) is 0 Å². The van der Waals surface area contributed by atoms with E-state index in [2.05, 4.69) is 68.8 Å². The van der Waals surface area contributed by atoms with E-state index in [1.807, 2.05) is 18.2 Å². The van der Waals surface area contributed by atoms with Gasteiger partial charge in [-0.15, -0.1) is 0 Å². The maximum absolute atomic E-state index is 9.99. The number of allylic oxidation sites excluding steroid dienone is 1. The zero-order valence-corrected chi connectivity index (χ0v) is 30.0. The van der Waals surface area contributed by atoms with Crippen molar-refractivity contribution in [3.05, 3.63) is 87.0 Å². The normalized spacial score (nSPS) is 20.1. The molecule has 3 heterocycles. The molecule has 0 aromatic heterocycles.